The topological polar surface area (TPSA) is 32.3 Å². The van der Waals surface area contributed by atoms with E-state index in [2.05, 4.69) is 36.2 Å². The Hall–Kier alpha value is -2.20. The molecular formula is C25H31FN2O. The van der Waals surface area contributed by atoms with Gasteiger partial charge in [-0.05, 0) is 53.9 Å². The number of benzene rings is 2. The first kappa shape index (κ1) is 20.1. The molecule has 4 rings (SSSR count). The van der Waals surface area contributed by atoms with Gasteiger partial charge < -0.3 is 5.32 Å². The van der Waals surface area contributed by atoms with E-state index in [0.717, 1.165) is 37.2 Å². The standard InChI is InChI=1S/C25H31FN2O/c1-17(2)24(19-6-4-3-5-7-19)25(29)27-23-13-10-20-15-28(16-22(20)23)14-18-8-11-21(26)12-9-18/h3-9,11-12,17,20,22-24H,10,13-16H2,1-2H3,(H,27,29)/t20-,22+,23+,24?/m1/s1. The van der Waals surface area contributed by atoms with Crippen LogP contribution in [0.5, 0.6) is 0 Å². The molecule has 4 atom stereocenters. The molecule has 1 heterocycles. The second kappa shape index (κ2) is 8.66. The van der Waals surface area contributed by atoms with Gasteiger partial charge in [0.25, 0.3) is 0 Å². The van der Waals surface area contributed by atoms with Crippen molar-refractivity contribution < 1.29 is 9.18 Å². The minimum absolute atomic E-state index is 0.105. The molecule has 1 amide bonds. The summed E-state index contributed by atoms with van der Waals surface area (Å²) >= 11 is 0. The average Bonchev–Trinajstić information content (AvgIpc) is 3.25. The molecular weight excluding hydrogens is 363 g/mol. The van der Waals surface area contributed by atoms with E-state index in [-0.39, 0.29) is 29.6 Å². The van der Waals surface area contributed by atoms with E-state index in [1.54, 1.807) is 0 Å². The molecule has 0 aromatic heterocycles. The number of rotatable bonds is 6. The van der Waals surface area contributed by atoms with Gasteiger partial charge in [-0.3, -0.25) is 9.69 Å². The smallest absolute Gasteiger partial charge is 0.228 e. The lowest BCUT2D eigenvalue weighted by Crippen LogP contribution is -2.43. The third kappa shape index (κ3) is 4.53. The van der Waals surface area contributed by atoms with Crippen molar-refractivity contribution in [1.29, 1.82) is 0 Å². The van der Waals surface area contributed by atoms with Crippen LogP contribution in [-0.4, -0.2) is 29.9 Å². The van der Waals surface area contributed by atoms with Crippen molar-refractivity contribution in [2.75, 3.05) is 13.1 Å². The zero-order valence-electron chi connectivity index (χ0n) is 17.4. The van der Waals surface area contributed by atoms with E-state index >= 15 is 0 Å². The SMILES string of the molecule is CC(C)C(C(=O)N[C@H]1CC[C@@H]2CN(Cc3ccc(F)cc3)C[C@@H]21)c1ccccc1. The number of fused-ring (bicyclic) bond motifs is 1. The highest BCUT2D eigenvalue weighted by atomic mass is 19.1. The molecule has 154 valence electrons. The van der Waals surface area contributed by atoms with Gasteiger partial charge in [0.05, 0.1) is 5.92 Å². The zero-order valence-corrected chi connectivity index (χ0v) is 17.4. The molecule has 0 spiro atoms. The Labute approximate surface area is 173 Å². The summed E-state index contributed by atoms with van der Waals surface area (Å²) in [6.07, 6.45) is 2.25. The van der Waals surface area contributed by atoms with E-state index in [9.17, 15) is 9.18 Å². The van der Waals surface area contributed by atoms with E-state index < -0.39 is 0 Å². The maximum absolute atomic E-state index is 13.2. The van der Waals surface area contributed by atoms with E-state index in [1.165, 1.54) is 18.6 Å². The molecule has 4 heteroatoms. The normalized spacial score (nSPS) is 25.2. The third-order valence-electron chi connectivity index (χ3n) is 6.69. The number of likely N-dealkylation sites (tertiary alicyclic amines) is 1. The predicted octanol–water partition coefficient (Wildman–Crippen LogP) is 4.59. The van der Waals surface area contributed by atoms with E-state index in [0.29, 0.717) is 11.8 Å². The number of carbonyl (C=O) groups excluding carboxylic acids is 1. The summed E-state index contributed by atoms with van der Waals surface area (Å²) in [5, 5.41) is 3.41. The fourth-order valence-corrected chi connectivity index (χ4v) is 5.29. The Kier molecular flexibility index (Phi) is 6.00. The second-order valence-electron chi connectivity index (χ2n) is 9.07. The largest absolute Gasteiger partial charge is 0.352 e. The molecule has 2 fully saturated rings. The van der Waals surface area contributed by atoms with Crippen LogP contribution in [0.3, 0.4) is 0 Å². The molecule has 0 radical (unpaired) electrons. The fourth-order valence-electron chi connectivity index (χ4n) is 5.29. The highest BCUT2D eigenvalue weighted by molar-refractivity contribution is 5.84. The van der Waals surface area contributed by atoms with Crippen molar-refractivity contribution in [3.05, 3.63) is 71.5 Å². The molecule has 1 N–H and O–H groups in total. The molecule has 2 aromatic rings. The molecule has 1 saturated carbocycles. The van der Waals surface area contributed by atoms with Gasteiger partial charge >= 0.3 is 0 Å². The van der Waals surface area contributed by atoms with Crippen molar-refractivity contribution in [2.24, 2.45) is 17.8 Å². The number of amides is 1. The molecule has 1 aliphatic carbocycles. The van der Waals surface area contributed by atoms with Crippen molar-refractivity contribution in [3.63, 3.8) is 0 Å². The summed E-state index contributed by atoms with van der Waals surface area (Å²) in [6.45, 7) is 7.17. The number of hydrogen-bond donors (Lipinski definition) is 1. The van der Waals surface area contributed by atoms with E-state index in [4.69, 9.17) is 0 Å². The highest BCUT2D eigenvalue weighted by Gasteiger charge is 2.43. The lowest BCUT2D eigenvalue weighted by atomic mass is 9.87. The van der Waals surface area contributed by atoms with Crippen LogP contribution in [0.15, 0.2) is 54.6 Å². The summed E-state index contributed by atoms with van der Waals surface area (Å²) in [5.41, 5.74) is 2.25. The fraction of sp³-hybridized carbons (Fsp3) is 0.480. The maximum atomic E-state index is 13.2. The summed E-state index contributed by atoms with van der Waals surface area (Å²) in [5.74, 6) is 1.29. The van der Waals surface area contributed by atoms with Crippen LogP contribution in [0.2, 0.25) is 0 Å². The molecule has 1 unspecified atom stereocenters. The third-order valence-corrected chi connectivity index (χ3v) is 6.69. The summed E-state index contributed by atoms with van der Waals surface area (Å²) < 4.78 is 13.2. The quantitative estimate of drug-likeness (QED) is 0.777. The van der Waals surface area contributed by atoms with Crippen LogP contribution in [0.1, 0.15) is 43.7 Å². The van der Waals surface area contributed by atoms with Crippen molar-refractivity contribution in [2.45, 2.75) is 45.2 Å². The van der Waals surface area contributed by atoms with Crippen LogP contribution < -0.4 is 5.32 Å². The lowest BCUT2D eigenvalue weighted by Gasteiger charge is -2.26. The Balaban J connectivity index is 1.38. The van der Waals surface area contributed by atoms with Gasteiger partial charge in [0.1, 0.15) is 5.82 Å². The Morgan fingerprint density at radius 3 is 2.48 bits per heavy atom. The minimum atomic E-state index is -0.187. The van der Waals surface area contributed by atoms with Crippen LogP contribution in [-0.2, 0) is 11.3 Å². The van der Waals surface area contributed by atoms with Crippen molar-refractivity contribution >= 4 is 5.91 Å². The van der Waals surface area contributed by atoms with Crippen LogP contribution >= 0.6 is 0 Å². The van der Waals surface area contributed by atoms with Gasteiger partial charge in [0.15, 0.2) is 0 Å². The number of halogens is 1. The maximum Gasteiger partial charge on any atom is 0.228 e. The van der Waals surface area contributed by atoms with Gasteiger partial charge in [0.2, 0.25) is 5.91 Å². The lowest BCUT2D eigenvalue weighted by molar-refractivity contribution is -0.124. The highest BCUT2D eigenvalue weighted by Crippen LogP contribution is 2.39. The second-order valence-corrected chi connectivity index (χ2v) is 9.07. The van der Waals surface area contributed by atoms with Gasteiger partial charge in [-0.15, -0.1) is 0 Å². The van der Waals surface area contributed by atoms with Crippen LogP contribution in [0.25, 0.3) is 0 Å². The first-order valence-electron chi connectivity index (χ1n) is 10.8. The molecule has 0 bridgehead atoms. The van der Waals surface area contributed by atoms with Crippen molar-refractivity contribution in [3.8, 4) is 0 Å². The van der Waals surface area contributed by atoms with Crippen LogP contribution in [0, 0.1) is 23.6 Å². The predicted molar refractivity (Wildman–Crippen MR) is 114 cm³/mol. The minimum Gasteiger partial charge on any atom is -0.352 e. The van der Waals surface area contributed by atoms with Gasteiger partial charge in [0, 0.05) is 25.7 Å². The molecule has 1 aliphatic heterocycles. The number of hydrogen-bond acceptors (Lipinski definition) is 2. The van der Waals surface area contributed by atoms with E-state index in [1.807, 2.05) is 30.3 Å². The molecule has 29 heavy (non-hydrogen) atoms. The number of carbonyl (C=O) groups is 1. The van der Waals surface area contributed by atoms with Gasteiger partial charge in [-0.25, -0.2) is 4.39 Å². The summed E-state index contributed by atoms with van der Waals surface area (Å²) in [6, 6.07) is 17.2. The van der Waals surface area contributed by atoms with Gasteiger partial charge in [-0.2, -0.15) is 0 Å². The zero-order chi connectivity index (χ0) is 20.4. The average molecular weight is 395 g/mol. The Morgan fingerprint density at radius 1 is 1.07 bits per heavy atom. The molecule has 1 saturated heterocycles. The number of nitrogens with one attached hydrogen (secondary N) is 1. The molecule has 2 aliphatic rings. The Bertz CT molecular complexity index is 820. The van der Waals surface area contributed by atoms with Crippen LogP contribution in [0.4, 0.5) is 4.39 Å². The van der Waals surface area contributed by atoms with Crippen molar-refractivity contribution in [1.82, 2.24) is 10.2 Å². The van der Waals surface area contributed by atoms with Gasteiger partial charge in [-0.1, -0.05) is 56.3 Å². The monoisotopic (exact) mass is 394 g/mol. The molecule has 2 aromatic carbocycles. The summed E-state index contributed by atoms with van der Waals surface area (Å²) in [7, 11) is 0. The molecule has 3 nitrogen and oxygen atoms in total. The summed E-state index contributed by atoms with van der Waals surface area (Å²) in [4.78, 5) is 15.6. The first-order chi connectivity index (χ1) is 14.0. The first-order valence-corrected chi connectivity index (χ1v) is 10.8. The number of nitrogens with zero attached hydrogens (tertiary/aromatic N) is 1. The Morgan fingerprint density at radius 2 is 1.79 bits per heavy atom.